The normalized spacial score (nSPS) is 23.8. The number of amides is 2. The van der Waals surface area contributed by atoms with Gasteiger partial charge in [-0.2, -0.15) is 18.3 Å². The molecule has 0 atom stereocenters. The van der Waals surface area contributed by atoms with Crippen molar-refractivity contribution in [1.82, 2.24) is 14.8 Å². The monoisotopic (exact) mass is 498 g/mol. The average Bonchev–Trinajstić information content (AvgIpc) is 3.49. The second-order valence-electron chi connectivity index (χ2n) is 9.28. The van der Waals surface area contributed by atoms with Gasteiger partial charge in [0, 0.05) is 25.7 Å². The predicted molar refractivity (Wildman–Crippen MR) is 124 cm³/mol. The summed E-state index contributed by atoms with van der Waals surface area (Å²) in [5.74, 6) is -0.322. The molecule has 2 aliphatic carbocycles. The van der Waals surface area contributed by atoms with E-state index in [2.05, 4.69) is 5.10 Å². The first-order valence-electron chi connectivity index (χ1n) is 11.9. The third-order valence-electron chi connectivity index (χ3n) is 6.85. The van der Waals surface area contributed by atoms with Crippen LogP contribution in [0, 0.1) is 5.92 Å². The highest BCUT2D eigenvalue weighted by Gasteiger charge is 2.40. The molecule has 4 rings (SSSR count). The molecule has 0 spiro atoms. The molecule has 4 aliphatic rings. The van der Waals surface area contributed by atoms with Gasteiger partial charge in [-0.15, -0.1) is 0 Å². The maximum Gasteiger partial charge on any atom is 0.432 e. The summed E-state index contributed by atoms with van der Waals surface area (Å²) >= 11 is 6.59. The number of allylic oxidation sites excluding steroid dienone is 4. The van der Waals surface area contributed by atoms with Crippen LogP contribution < -0.4 is 0 Å². The van der Waals surface area contributed by atoms with Crippen molar-refractivity contribution in [1.29, 1.82) is 0 Å². The van der Waals surface area contributed by atoms with Crippen LogP contribution in [0.1, 0.15) is 51.9 Å². The van der Waals surface area contributed by atoms with E-state index in [1.54, 1.807) is 6.08 Å². The number of carbonyl (C=O) groups excluding carboxylic acids is 2. The Bertz CT molecular complexity index is 946. The van der Waals surface area contributed by atoms with Crippen molar-refractivity contribution in [2.45, 2.75) is 64.1 Å². The van der Waals surface area contributed by atoms with E-state index in [1.165, 1.54) is 11.8 Å². The number of rotatable bonds is 5. The van der Waals surface area contributed by atoms with Gasteiger partial charge in [0.25, 0.3) is 5.91 Å². The van der Waals surface area contributed by atoms with E-state index in [-0.39, 0.29) is 42.2 Å². The van der Waals surface area contributed by atoms with Crippen LogP contribution in [0.5, 0.6) is 0 Å². The number of nitrogens with zero attached hydrogens (tertiary/aromatic N) is 4. The van der Waals surface area contributed by atoms with E-state index in [0.717, 1.165) is 49.6 Å². The van der Waals surface area contributed by atoms with Crippen LogP contribution in [0.15, 0.2) is 39.6 Å². The lowest BCUT2D eigenvalue weighted by Gasteiger charge is -2.38. The van der Waals surface area contributed by atoms with Crippen LogP contribution in [0.4, 0.5) is 13.2 Å². The van der Waals surface area contributed by atoms with Gasteiger partial charge in [0.1, 0.15) is 12.2 Å². The van der Waals surface area contributed by atoms with Crippen LogP contribution >= 0.6 is 11.6 Å². The summed E-state index contributed by atoms with van der Waals surface area (Å²) in [4.78, 5) is 29.4. The molecule has 0 unspecified atom stereocenters. The highest BCUT2D eigenvalue weighted by molar-refractivity contribution is 6.59. The van der Waals surface area contributed by atoms with Gasteiger partial charge in [-0.3, -0.25) is 14.6 Å². The molecule has 186 valence electrons. The molecule has 0 aromatic heterocycles. The molecule has 1 saturated heterocycles. The molecule has 0 radical (unpaired) electrons. The van der Waals surface area contributed by atoms with E-state index in [9.17, 15) is 22.8 Å². The first-order chi connectivity index (χ1) is 16.2. The number of hydrogen-bond donors (Lipinski definition) is 0. The summed E-state index contributed by atoms with van der Waals surface area (Å²) in [6.07, 6.45) is 6.57. The van der Waals surface area contributed by atoms with Gasteiger partial charge in [-0.25, -0.2) is 0 Å². The first-order valence-corrected chi connectivity index (χ1v) is 12.3. The zero-order valence-corrected chi connectivity index (χ0v) is 20.0. The van der Waals surface area contributed by atoms with E-state index in [0.29, 0.717) is 24.6 Å². The molecule has 3 fully saturated rings. The molecule has 0 N–H and O–H groups in total. The summed E-state index contributed by atoms with van der Waals surface area (Å²) in [6, 6.07) is 0.210. The second kappa shape index (κ2) is 10.1. The Morgan fingerprint density at radius 3 is 2.41 bits per heavy atom. The Hall–Kier alpha value is -2.29. The molecule has 0 bridgehead atoms. The Morgan fingerprint density at radius 1 is 1.12 bits per heavy atom. The van der Waals surface area contributed by atoms with Gasteiger partial charge in [-0.05, 0) is 50.5 Å². The zero-order valence-electron chi connectivity index (χ0n) is 19.3. The molecule has 0 aromatic carbocycles. The Kier molecular flexibility index (Phi) is 7.40. The lowest BCUT2D eigenvalue weighted by atomic mass is 10.1. The van der Waals surface area contributed by atoms with Gasteiger partial charge < -0.3 is 9.80 Å². The number of halogens is 4. The van der Waals surface area contributed by atoms with Crippen molar-refractivity contribution in [2.75, 3.05) is 26.2 Å². The quantitative estimate of drug-likeness (QED) is 0.557. The highest BCUT2D eigenvalue weighted by Crippen LogP contribution is 2.34. The second-order valence-corrected chi connectivity index (χ2v) is 9.66. The molecule has 2 heterocycles. The summed E-state index contributed by atoms with van der Waals surface area (Å²) in [7, 11) is 0. The molecule has 34 heavy (non-hydrogen) atoms. The summed E-state index contributed by atoms with van der Waals surface area (Å²) in [6.45, 7) is 1.80. The van der Waals surface area contributed by atoms with Crippen molar-refractivity contribution in [3.63, 3.8) is 0 Å². The third kappa shape index (κ3) is 5.50. The molecular formula is C24H30ClF3N4O2. The lowest BCUT2D eigenvalue weighted by molar-refractivity contribution is -0.144. The lowest BCUT2D eigenvalue weighted by Crippen LogP contribution is -2.56. The number of alkyl halides is 3. The fourth-order valence-corrected chi connectivity index (χ4v) is 5.06. The first kappa shape index (κ1) is 24.8. The van der Waals surface area contributed by atoms with E-state index >= 15 is 0 Å². The fraction of sp³-hybridized carbons (Fsp3) is 0.625. The van der Waals surface area contributed by atoms with E-state index in [1.807, 2.05) is 11.0 Å². The highest BCUT2D eigenvalue weighted by atomic mass is 35.5. The predicted octanol–water partition coefficient (Wildman–Crippen LogP) is 4.59. The minimum atomic E-state index is -4.63. The van der Waals surface area contributed by atoms with Crippen molar-refractivity contribution < 1.29 is 22.8 Å². The van der Waals surface area contributed by atoms with Crippen LogP contribution in [-0.4, -0.2) is 70.7 Å². The molecule has 2 amide bonds. The van der Waals surface area contributed by atoms with Gasteiger partial charge in [0.15, 0.2) is 5.71 Å². The Balaban J connectivity index is 1.60. The summed E-state index contributed by atoms with van der Waals surface area (Å²) in [5, 5.41) is 4.96. The molecule has 10 heteroatoms. The van der Waals surface area contributed by atoms with Crippen molar-refractivity contribution in [2.24, 2.45) is 11.0 Å². The molecule has 6 nitrogen and oxygen atoms in total. The zero-order chi connectivity index (χ0) is 24.5. The Labute approximate surface area is 202 Å². The van der Waals surface area contributed by atoms with Gasteiger partial charge in [0.05, 0.1) is 5.03 Å². The number of hydrazone groups is 1. The summed E-state index contributed by atoms with van der Waals surface area (Å²) in [5.41, 5.74) is -0.617. The molecule has 0 aromatic rings. The number of hydrogen-bond acceptors (Lipinski definition) is 4. The minimum Gasteiger partial charge on any atom is -0.336 e. The van der Waals surface area contributed by atoms with Crippen molar-refractivity contribution >= 4 is 29.1 Å². The van der Waals surface area contributed by atoms with Gasteiger partial charge in [0.2, 0.25) is 5.91 Å². The standard InChI is InChI=1S/C24H30ClF3N4O2/c1-2-19(24(26,27)28)32-12-11-17(10-9-16-7-8-16)21(25)22(29-32)23(34)30-13-14-31(20(33)15-30)18-5-3-4-6-18/h2,9-10,16,18H,3-8,11-15H2,1H3/b10-9+,19-2-. The van der Waals surface area contributed by atoms with Gasteiger partial charge in [-0.1, -0.05) is 42.7 Å². The van der Waals surface area contributed by atoms with E-state index in [4.69, 9.17) is 11.6 Å². The van der Waals surface area contributed by atoms with Crippen LogP contribution in [0.25, 0.3) is 0 Å². The van der Waals surface area contributed by atoms with Crippen LogP contribution in [0.3, 0.4) is 0 Å². The SMILES string of the molecule is C/C=C(\N1CCC(/C=C/C2CC2)=C(Cl)C(C(=O)N2CCN(C3CCCC3)C(=O)C2)=N1)C(F)(F)F. The number of piperazine rings is 1. The smallest absolute Gasteiger partial charge is 0.336 e. The van der Waals surface area contributed by atoms with E-state index < -0.39 is 17.8 Å². The van der Waals surface area contributed by atoms with Crippen LogP contribution in [0.2, 0.25) is 0 Å². The summed E-state index contributed by atoms with van der Waals surface area (Å²) < 4.78 is 40.9. The van der Waals surface area contributed by atoms with Gasteiger partial charge >= 0.3 is 6.18 Å². The topological polar surface area (TPSA) is 56.2 Å². The van der Waals surface area contributed by atoms with Crippen molar-refractivity contribution in [3.8, 4) is 0 Å². The number of carbonyl (C=O) groups is 2. The largest absolute Gasteiger partial charge is 0.432 e. The average molecular weight is 499 g/mol. The Morgan fingerprint density at radius 2 is 1.82 bits per heavy atom. The van der Waals surface area contributed by atoms with Crippen molar-refractivity contribution in [3.05, 3.63) is 34.5 Å². The fourth-order valence-electron chi connectivity index (χ4n) is 4.78. The van der Waals surface area contributed by atoms with Crippen LogP contribution in [-0.2, 0) is 9.59 Å². The minimum absolute atomic E-state index is 0.0488. The maximum atomic E-state index is 13.6. The third-order valence-corrected chi connectivity index (χ3v) is 7.27. The molecule has 2 aliphatic heterocycles. The maximum absolute atomic E-state index is 13.6. The molecular weight excluding hydrogens is 469 g/mol. The molecule has 2 saturated carbocycles.